The van der Waals surface area contributed by atoms with Gasteiger partial charge in [0.05, 0.1) is 0 Å². The van der Waals surface area contributed by atoms with Gasteiger partial charge in [-0.05, 0) is 17.3 Å². The van der Waals surface area contributed by atoms with Gasteiger partial charge in [-0.1, -0.05) is 4.86 Å². The van der Waals surface area contributed by atoms with E-state index in [-0.39, 0.29) is 4.86 Å². The zero-order chi connectivity index (χ0) is 7.56. The molecule has 1 aliphatic rings. The lowest BCUT2D eigenvalue weighted by Crippen LogP contribution is -2.25. The predicted octanol–water partition coefficient (Wildman–Crippen LogP) is 1.72. The van der Waals surface area contributed by atoms with Gasteiger partial charge in [-0.15, -0.1) is 0 Å². The highest BCUT2D eigenvalue weighted by atomic mass is 19.2. The number of nitrogens with zero attached hydrogens (tertiary/aromatic N) is 2. The van der Waals surface area contributed by atoms with Crippen LogP contribution in [0.2, 0.25) is 0 Å². The van der Waals surface area contributed by atoms with Crippen LogP contribution in [-0.4, -0.2) is 17.1 Å². The molecule has 1 aliphatic carbocycles. The third-order valence-electron chi connectivity index (χ3n) is 1.76. The molecule has 0 N–H and O–H groups in total. The van der Waals surface area contributed by atoms with Crippen molar-refractivity contribution in [3.63, 3.8) is 0 Å². The maximum Gasteiger partial charge on any atom is 0.223 e. The third kappa shape index (κ3) is 1.22. The van der Waals surface area contributed by atoms with Crippen LogP contribution in [0.1, 0.15) is 19.3 Å². The minimum atomic E-state index is -1.21. The number of hydrogen-bond acceptors (Lipinski definition) is 2. The van der Waals surface area contributed by atoms with E-state index in [1.165, 1.54) is 0 Å². The minimum absolute atomic E-state index is 0.183. The van der Waals surface area contributed by atoms with Crippen molar-refractivity contribution in [3.8, 4) is 0 Å². The van der Waals surface area contributed by atoms with Crippen molar-refractivity contribution in [1.82, 2.24) is 0 Å². The van der Waals surface area contributed by atoms with Crippen LogP contribution >= 0.6 is 0 Å². The highest BCUT2D eigenvalue weighted by molar-refractivity contribution is 4.75. The summed E-state index contributed by atoms with van der Waals surface area (Å²) >= 11 is 0. The molecule has 0 saturated heterocycles. The second-order valence-electron chi connectivity index (χ2n) is 2.39. The highest BCUT2D eigenvalue weighted by Gasteiger charge is 2.35. The minimum Gasteiger partial charge on any atom is -0.598 e. The number of halogens is 2. The van der Waals surface area contributed by atoms with Crippen LogP contribution in [0.3, 0.4) is 0 Å². The summed E-state index contributed by atoms with van der Waals surface area (Å²) in [4.78, 5) is -0.183. The lowest BCUT2D eigenvalue weighted by molar-refractivity contribution is -0.588. The van der Waals surface area contributed by atoms with Crippen molar-refractivity contribution in [2.75, 3.05) is 0 Å². The standard InChI is InChI=1S/C5H8F2N2O/c6-4-2-1-3-5(4)9(10)8-7/h4-5H,1-3H2. The maximum absolute atomic E-state index is 12.6. The van der Waals surface area contributed by atoms with Crippen molar-refractivity contribution in [1.29, 1.82) is 0 Å². The van der Waals surface area contributed by atoms with E-state index in [9.17, 15) is 14.1 Å². The van der Waals surface area contributed by atoms with E-state index >= 15 is 0 Å². The molecular formula is C5H8F2N2O. The van der Waals surface area contributed by atoms with E-state index in [1.807, 2.05) is 5.34 Å². The number of hydroxylamine groups is 1. The second-order valence-corrected chi connectivity index (χ2v) is 2.39. The van der Waals surface area contributed by atoms with E-state index in [0.29, 0.717) is 19.3 Å². The molecule has 5 heteroatoms. The summed E-state index contributed by atoms with van der Waals surface area (Å²) in [6.45, 7) is 0. The summed E-state index contributed by atoms with van der Waals surface area (Å²) in [7, 11) is 0. The Morgan fingerprint density at radius 2 is 2.20 bits per heavy atom. The zero-order valence-corrected chi connectivity index (χ0v) is 5.33. The normalized spacial score (nSPS) is 34.8. The summed E-state index contributed by atoms with van der Waals surface area (Å²) in [5.41, 5.74) is 0. The Morgan fingerprint density at radius 1 is 1.50 bits per heavy atom. The Hall–Kier alpha value is -0.740. The van der Waals surface area contributed by atoms with Crippen LogP contribution in [-0.2, 0) is 0 Å². The summed E-state index contributed by atoms with van der Waals surface area (Å²) in [6, 6.07) is -0.884. The quantitative estimate of drug-likeness (QED) is 0.318. The molecule has 0 amide bonds. The molecule has 3 nitrogen and oxygen atoms in total. The van der Waals surface area contributed by atoms with Gasteiger partial charge in [-0.2, -0.15) is 0 Å². The fourth-order valence-corrected chi connectivity index (χ4v) is 1.20. The molecule has 0 heterocycles. The average Bonchev–Trinajstić information content (AvgIpc) is 2.34. The van der Waals surface area contributed by atoms with E-state index in [1.54, 1.807) is 0 Å². The van der Waals surface area contributed by atoms with Crippen molar-refractivity contribution < 1.29 is 13.7 Å². The molecule has 1 rings (SSSR count). The molecule has 0 spiro atoms. The molecule has 0 aromatic heterocycles. The third-order valence-corrected chi connectivity index (χ3v) is 1.76. The topological polar surface area (TPSA) is 38.4 Å². The molecule has 10 heavy (non-hydrogen) atoms. The largest absolute Gasteiger partial charge is 0.598 e. The Labute approximate surface area is 56.9 Å². The molecule has 58 valence electrons. The van der Waals surface area contributed by atoms with Gasteiger partial charge in [0.25, 0.3) is 0 Å². The van der Waals surface area contributed by atoms with Gasteiger partial charge >= 0.3 is 0 Å². The average molecular weight is 150 g/mol. The van der Waals surface area contributed by atoms with Crippen LogP contribution in [0.25, 0.3) is 0 Å². The summed E-state index contributed by atoms with van der Waals surface area (Å²) in [5.74, 6) is 0. The summed E-state index contributed by atoms with van der Waals surface area (Å²) in [5, 5.41) is 12.2. The molecule has 2 atom stereocenters. The van der Waals surface area contributed by atoms with Crippen LogP contribution in [0.5, 0.6) is 0 Å². The van der Waals surface area contributed by atoms with Gasteiger partial charge in [0, 0.05) is 6.42 Å². The first-order chi connectivity index (χ1) is 4.75. The Bertz CT molecular complexity index is 151. The molecule has 1 fully saturated rings. The molecule has 0 aromatic rings. The summed E-state index contributed by atoms with van der Waals surface area (Å²) < 4.78 is 23.8. The zero-order valence-electron chi connectivity index (χ0n) is 5.33. The van der Waals surface area contributed by atoms with Crippen LogP contribution in [0, 0.1) is 5.21 Å². The van der Waals surface area contributed by atoms with E-state index in [4.69, 9.17) is 0 Å². The van der Waals surface area contributed by atoms with E-state index < -0.39 is 12.2 Å². The predicted molar refractivity (Wildman–Crippen MR) is 29.7 cm³/mol. The first-order valence-corrected chi connectivity index (χ1v) is 3.18. The highest BCUT2D eigenvalue weighted by Crippen LogP contribution is 2.24. The number of alkyl halides is 1. The van der Waals surface area contributed by atoms with Gasteiger partial charge in [-0.3, -0.25) is 0 Å². The Balaban J connectivity index is 2.55. The van der Waals surface area contributed by atoms with Gasteiger partial charge in [0.15, 0.2) is 11.5 Å². The maximum atomic E-state index is 12.6. The Kier molecular flexibility index (Phi) is 2.13. The van der Waals surface area contributed by atoms with Gasteiger partial charge in [0.1, 0.15) is 0 Å². The van der Waals surface area contributed by atoms with Crippen LogP contribution < -0.4 is 0 Å². The lowest BCUT2D eigenvalue weighted by atomic mass is 10.2. The molecule has 0 bridgehead atoms. The second kappa shape index (κ2) is 2.90. The number of rotatable bonds is 1. The molecule has 0 radical (unpaired) electrons. The van der Waals surface area contributed by atoms with Gasteiger partial charge in [0.2, 0.25) is 6.04 Å². The van der Waals surface area contributed by atoms with Gasteiger partial charge in [-0.25, -0.2) is 4.39 Å². The first-order valence-electron chi connectivity index (χ1n) is 3.18. The smallest absolute Gasteiger partial charge is 0.223 e. The molecule has 2 unspecified atom stereocenters. The van der Waals surface area contributed by atoms with E-state index in [2.05, 4.69) is 0 Å². The number of hydrogen-bond donors (Lipinski definition) is 0. The lowest BCUT2D eigenvalue weighted by Gasteiger charge is -2.06. The van der Waals surface area contributed by atoms with Crippen molar-refractivity contribution in [3.05, 3.63) is 5.21 Å². The van der Waals surface area contributed by atoms with Crippen molar-refractivity contribution >= 4 is 0 Å². The van der Waals surface area contributed by atoms with Crippen molar-refractivity contribution in [2.45, 2.75) is 31.5 Å². The fraction of sp³-hybridized carbons (Fsp3) is 1.00. The molecule has 1 saturated carbocycles. The summed E-state index contributed by atoms with van der Waals surface area (Å²) in [6.07, 6.45) is 0.175. The SMILES string of the molecule is [O-][N+](=NF)C1CCCC1F. The first kappa shape index (κ1) is 7.37. The molecule has 0 aliphatic heterocycles. The Morgan fingerprint density at radius 3 is 2.60 bits per heavy atom. The van der Waals surface area contributed by atoms with E-state index in [0.717, 1.165) is 0 Å². The molecular weight excluding hydrogens is 142 g/mol. The monoisotopic (exact) mass is 150 g/mol. The van der Waals surface area contributed by atoms with Crippen molar-refractivity contribution in [2.24, 2.45) is 5.34 Å². The van der Waals surface area contributed by atoms with Crippen LogP contribution in [0.15, 0.2) is 5.34 Å². The van der Waals surface area contributed by atoms with Gasteiger partial charge < -0.3 is 5.21 Å². The van der Waals surface area contributed by atoms with Crippen LogP contribution in [0.4, 0.5) is 8.87 Å². The fourth-order valence-electron chi connectivity index (χ4n) is 1.20. The molecule has 0 aromatic carbocycles.